The Balaban J connectivity index is 2.04. The number of halogens is 1. The molecule has 1 unspecified atom stereocenters. The van der Waals surface area contributed by atoms with Crippen molar-refractivity contribution in [1.82, 2.24) is 4.72 Å². The third kappa shape index (κ3) is 3.82. The first-order valence-electron chi connectivity index (χ1n) is 6.24. The minimum absolute atomic E-state index is 0.155. The molecule has 0 saturated heterocycles. The Morgan fingerprint density at radius 1 is 1.05 bits per heavy atom. The number of aryl methyl sites for hydroxylation is 1. The highest BCUT2D eigenvalue weighted by Gasteiger charge is 2.16. The molecular weight excluding hydrogens is 294 g/mol. The molecule has 0 aromatic heterocycles. The number of hydrogen-bond acceptors (Lipinski definition) is 2. The molecule has 2 aromatic rings. The van der Waals surface area contributed by atoms with Crippen LogP contribution in [0.3, 0.4) is 0 Å². The fourth-order valence-electron chi connectivity index (χ4n) is 1.76. The van der Waals surface area contributed by atoms with Crippen LogP contribution < -0.4 is 4.72 Å². The highest BCUT2D eigenvalue weighted by Crippen LogP contribution is 2.19. The van der Waals surface area contributed by atoms with Crippen LogP contribution in [-0.2, 0) is 10.0 Å². The van der Waals surface area contributed by atoms with Gasteiger partial charge < -0.3 is 0 Å². The first-order valence-corrected chi connectivity index (χ1v) is 8.16. The van der Waals surface area contributed by atoms with Gasteiger partial charge in [0.1, 0.15) is 0 Å². The Morgan fingerprint density at radius 2 is 1.65 bits per heavy atom. The molecule has 0 radical (unpaired) electrons. The standard InChI is InChI=1S/C15H16ClNO2S/c1-12-7-9-14(10-8-12)20(18,19)17-11-15(16)13-5-3-2-4-6-13/h2-10,15,17H,11H2,1H3. The van der Waals surface area contributed by atoms with Crippen LogP contribution in [-0.4, -0.2) is 15.0 Å². The summed E-state index contributed by atoms with van der Waals surface area (Å²) < 4.78 is 26.8. The van der Waals surface area contributed by atoms with E-state index in [0.717, 1.165) is 11.1 Å². The third-order valence-electron chi connectivity index (χ3n) is 2.95. The average molecular weight is 310 g/mol. The summed E-state index contributed by atoms with van der Waals surface area (Å²) in [5.74, 6) is 0. The molecule has 2 aromatic carbocycles. The molecule has 0 aliphatic heterocycles. The van der Waals surface area contributed by atoms with Gasteiger partial charge in [0.2, 0.25) is 10.0 Å². The van der Waals surface area contributed by atoms with Crippen molar-refractivity contribution >= 4 is 21.6 Å². The monoisotopic (exact) mass is 309 g/mol. The van der Waals surface area contributed by atoms with Crippen molar-refractivity contribution in [1.29, 1.82) is 0 Å². The van der Waals surface area contributed by atoms with Gasteiger partial charge in [0.05, 0.1) is 10.3 Å². The summed E-state index contributed by atoms with van der Waals surface area (Å²) in [6.45, 7) is 2.07. The van der Waals surface area contributed by atoms with Crippen molar-refractivity contribution in [3.8, 4) is 0 Å². The molecule has 5 heteroatoms. The molecule has 106 valence electrons. The van der Waals surface area contributed by atoms with Crippen LogP contribution in [0.1, 0.15) is 16.5 Å². The van der Waals surface area contributed by atoms with E-state index in [1.54, 1.807) is 24.3 Å². The third-order valence-corrected chi connectivity index (χ3v) is 4.79. The van der Waals surface area contributed by atoms with Gasteiger partial charge in [0.25, 0.3) is 0 Å². The Hall–Kier alpha value is -1.36. The van der Waals surface area contributed by atoms with Crippen LogP contribution >= 0.6 is 11.6 Å². The first kappa shape index (κ1) is 15.0. The normalized spacial score (nSPS) is 13.1. The molecule has 0 amide bonds. The zero-order chi connectivity index (χ0) is 14.6. The molecule has 0 fully saturated rings. The summed E-state index contributed by atoms with van der Waals surface area (Å²) in [6.07, 6.45) is 0. The maximum absolute atomic E-state index is 12.1. The minimum atomic E-state index is -3.51. The van der Waals surface area contributed by atoms with Crippen LogP contribution in [0.2, 0.25) is 0 Å². The second-order valence-corrected chi connectivity index (χ2v) is 6.84. The lowest BCUT2D eigenvalue weighted by Crippen LogP contribution is -2.27. The summed E-state index contributed by atoms with van der Waals surface area (Å²) in [6, 6.07) is 16.1. The number of sulfonamides is 1. The van der Waals surface area contributed by atoms with E-state index in [9.17, 15) is 8.42 Å². The van der Waals surface area contributed by atoms with Gasteiger partial charge in [-0.3, -0.25) is 0 Å². The van der Waals surface area contributed by atoms with Crippen molar-refractivity contribution in [2.45, 2.75) is 17.2 Å². The summed E-state index contributed by atoms with van der Waals surface area (Å²) in [4.78, 5) is 0.250. The molecule has 0 bridgehead atoms. The van der Waals surface area contributed by atoms with E-state index in [-0.39, 0.29) is 11.4 Å². The summed E-state index contributed by atoms with van der Waals surface area (Å²) in [7, 11) is -3.51. The van der Waals surface area contributed by atoms with Crippen molar-refractivity contribution in [2.24, 2.45) is 0 Å². The lowest BCUT2D eigenvalue weighted by molar-refractivity contribution is 0.581. The van der Waals surface area contributed by atoms with E-state index < -0.39 is 15.4 Å². The second kappa shape index (κ2) is 6.39. The van der Waals surface area contributed by atoms with Crippen LogP contribution in [0.15, 0.2) is 59.5 Å². The lowest BCUT2D eigenvalue weighted by Gasteiger charge is -2.12. The largest absolute Gasteiger partial charge is 0.240 e. The van der Waals surface area contributed by atoms with Gasteiger partial charge in [-0.25, -0.2) is 13.1 Å². The Morgan fingerprint density at radius 3 is 2.25 bits per heavy atom. The summed E-state index contributed by atoms with van der Waals surface area (Å²) in [5, 5.41) is -0.392. The second-order valence-electron chi connectivity index (χ2n) is 4.54. The van der Waals surface area contributed by atoms with Crippen LogP contribution in [0.25, 0.3) is 0 Å². The van der Waals surface area contributed by atoms with Gasteiger partial charge in [0, 0.05) is 6.54 Å². The lowest BCUT2D eigenvalue weighted by atomic mass is 10.1. The minimum Gasteiger partial charge on any atom is -0.209 e. The van der Waals surface area contributed by atoms with Gasteiger partial charge in [-0.15, -0.1) is 11.6 Å². The molecule has 0 saturated carbocycles. The number of alkyl halides is 1. The molecular formula is C15H16ClNO2S. The van der Waals surface area contributed by atoms with Gasteiger partial charge in [0.15, 0.2) is 0 Å². The Bertz CT molecular complexity index is 654. The quantitative estimate of drug-likeness (QED) is 0.862. The predicted octanol–water partition coefficient (Wildman–Crippen LogP) is 3.25. The van der Waals surface area contributed by atoms with Crippen molar-refractivity contribution in [2.75, 3.05) is 6.54 Å². The fourth-order valence-corrected chi connectivity index (χ4v) is 3.12. The number of benzene rings is 2. The van der Waals surface area contributed by atoms with Crippen LogP contribution in [0, 0.1) is 6.92 Å². The van der Waals surface area contributed by atoms with E-state index in [0.29, 0.717) is 0 Å². The summed E-state index contributed by atoms with van der Waals surface area (Å²) >= 11 is 6.20. The Labute approximate surface area is 124 Å². The molecule has 0 spiro atoms. The molecule has 2 rings (SSSR count). The van der Waals surface area contributed by atoms with Crippen molar-refractivity contribution < 1.29 is 8.42 Å². The SMILES string of the molecule is Cc1ccc(S(=O)(=O)NCC(Cl)c2ccccc2)cc1. The molecule has 3 nitrogen and oxygen atoms in total. The molecule has 1 N–H and O–H groups in total. The average Bonchev–Trinajstić information content (AvgIpc) is 2.46. The molecule has 0 heterocycles. The van der Waals surface area contributed by atoms with E-state index in [1.807, 2.05) is 37.3 Å². The smallest absolute Gasteiger partial charge is 0.209 e. The molecule has 1 atom stereocenters. The maximum Gasteiger partial charge on any atom is 0.240 e. The number of hydrogen-bond donors (Lipinski definition) is 1. The van der Waals surface area contributed by atoms with Crippen molar-refractivity contribution in [3.63, 3.8) is 0 Å². The van der Waals surface area contributed by atoms with E-state index in [1.165, 1.54) is 0 Å². The Kier molecular flexibility index (Phi) is 4.81. The maximum atomic E-state index is 12.1. The van der Waals surface area contributed by atoms with E-state index in [2.05, 4.69) is 4.72 Å². The molecule has 0 aliphatic carbocycles. The van der Waals surface area contributed by atoms with Gasteiger partial charge >= 0.3 is 0 Å². The van der Waals surface area contributed by atoms with Gasteiger partial charge in [-0.05, 0) is 24.6 Å². The van der Waals surface area contributed by atoms with Crippen LogP contribution in [0.5, 0.6) is 0 Å². The zero-order valence-electron chi connectivity index (χ0n) is 11.1. The predicted molar refractivity (Wildman–Crippen MR) is 81.4 cm³/mol. The molecule has 20 heavy (non-hydrogen) atoms. The van der Waals surface area contributed by atoms with E-state index >= 15 is 0 Å². The molecule has 0 aliphatic rings. The highest BCUT2D eigenvalue weighted by molar-refractivity contribution is 7.89. The van der Waals surface area contributed by atoms with Gasteiger partial charge in [-0.2, -0.15) is 0 Å². The van der Waals surface area contributed by atoms with Crippen LogP contribution in [0.4, 0.5) is 0 Å². The number of rotatable bonds is 5. The van der Waals surface area contributed by atoms with Gasteiger partial charge in [-0.1, -0.05) is 48.0 Å². The fraction of sp³-hybridized carbons (Fsp3) is 0.200. The van der Waals surface area contributed by atoms with E-state index in [4.69, 9.17) is 11.6 Å². The first-order chi connectivity index (χ1) is 9.49. The van der Waals surface area contributed by atoms with Crippen molar-refractivity contribution in [3.05, 3.63) is 65.7 Å². The highest BCUT2D eigenvalue weighted by atomic mass is 35.5. The summed E-state index contributed by atoms with van der Waals surface area (Å²) in [5.41, 5.74) is 1.91. The zero-order valence-corrected chi connectivity index (χ0v) is 12.7. The topological polar surface area (TPSA) is 46.2 Å². The number of nitrogens with one attached hydrogen (secondary N) is 1.